The van der Waals surface area contributed by atoms with Crippen LogP contribution in [0, 0.1) is 5.92 Å². The molecule has 1 saturated heterocycles. The lowest BCUT2D eigenvalue weighted by Crippen LogP contribution is -2.48. The molecule has 2 heterocycles. The third-order valence-corrected chi connectivity index (χ3v) is 5.89. The SMILES string of the molecule is O=C(CC1C=CCC1)N1CCN(Cc2ccc(Br)s2)CC1. The van der Waals surface area contributed by atoms with Crippen molar-refractivity contribution in [2.75, 3.05) is 26.2 Å². The lowest BCUT2D eigenvalue weighted by Gasteiger charge is -2.35. The largest absolute Gasteiger partial charge is 0.340 e. The van der Waals surface area contributed by atoms with Gasteiger partial charge in [0.1, 0.15) is 0 Å². The highest BCUT2D eigenvalue weighted by Gasteiger charge is 2.23. The van der Waals surface area contributed by atoms with Gasteiger partial charge >= 0.3 is 0 Å². The van der Waals surface area contributed by atoms with Gasteiger partial charge in [0.2, 0.25) is 5.91 Å². The number of rotatable bonds is 4. The molecule has 0 saturated carbocycles. The molecule has 1 unspecified atom stereocenters. The van der Waals surface area contributed by atoms with Crippen molar-refractivity contribution in [3.8, 4) is 0 Å². The molecule has 1 amide bonds. The topological polar surface area (TPSA) is 23.6 Å². The smallest absolute Gasteiger partial charge is 0.223 e. The van der Waals surface area contributed by atoms with Crippen LogP contribution in [0.5, 0.6) is 0 Å². The van der Waals surface area contributed by atoms with Gasteiger partial charge in [-0.15, -0.1) is 11.3 Å². The van der Waals surface area contributed by atoms with Crippen LogP contribution in [0.1, 0.15) is 24.1 Å². The van der Waals surface area contributed by atoms with E-state index in [1.165, 1.54) is 8.66 Å². The number of carbonyl (C=O) groups is 1. The van der Waals surface area contributed by atoms with E-state index < -0.39 is 0 Å². The lowest BCUT2D eigenvalue weighted by atomic mass is 10.0. The number of halogens is 1. The summed E-state index contributed by atoms with van der Waals surface area (Å²) >= 11 is 5.31. The molecule has 1 fully saturated rings. The summed E-state index contributed by atoms with van der Waals surface area (Å²) in [7, 11) is 0. The van der Waals surface area contributed by atoms with Crippen molar-refractivity contribution in [2.24, 2.45) is 5.92 Å². The van der Waals surface area contributed by atoms with Gasteiger partial charge in [0, 0.05) is 44.0 Å². The molecule has 1 aromatic rings. The van der Waals surface area contributed by atoms with Gasteiger partial charge < -0.3 is 4.90 Å². The Hall–Kier alpha value is -0.650. The van der Waals surface area contributed by atoms with Gasteiger partial charge in [-0.2, -0.15) is 0 Å². The molecule has 114 valence electrons. The summed E-state index contributed by atoms with van der Waals surface area (Å²) in [5, 5.41) is 0. The van der Waals surface area contributed by atoms with E-state index in [9.17, 15) is 4.79 Å². The van der Waals surface area contributed by atoms with Gasteiger partial charge in [0.15, 0.2) is 0 Å². The van der Waals surface area contributed by atoms with Crippen molar-refractivity contribution in [3.63, 3.8) is 0 Å². The molecule has 0 N–H and O–H groups in total. The molecular weight excluding hydrogens is 348 g/mol. The summed E-state index contributed by atoms with van der Waals surface area (Å²) in [4.78, 5) is 18.2. The predicted molar refractivity (Wildman–Crippen MR) is 90.4 cm³/mol. The molecule has 1 aliphatic carbocycles. The molecule has 3 rings (SSSR count). The Morgan fingerprint density at radius 2 is 2.10 bits per heavy atom. The molecule has 0 aromatic carbocycles. The maximum atomic E-state index is 12.3. The summed E-state index contributed by atoms with van der Waals surface area (Å²) in [6.45, 7) is 4.73. The predicted octanol–water partition coefficient (Wildman–Crippen LogP) is 3.51. The fourth-order valence-electron chi connectivity index (χ4n) is 3.03. The van der Waals surface area contributed by atoms with Crippen LogP contribution < -0.4 is 0 Å². The third kappa shape index (κ3) is 4.18. The Labute approximate surface area is 138 Å². The maximum absolute atomic E-state index is 12.3. The third-order valence-electron chi connectivity index (χ3n) is 4.28. The highest BCUT2D eigenvalue weighted by Crippen LogP contribution is 2.24. The van der Waals surface area contributed by atoms with E-state index in [4.69, 9.17) is 0 Å². The molecule has 0 bridgehead atoms. The van der Waals surface area contributed by atoms with Crippen molar-refractivity contribution >= 4 is 33.2 Å². The van der Waals surface area contributed by atoms with E-state index >= 15 is 0 Å². The van der Waals surface area contributed by atoms with Crippen molar-refractivity contribution < 1.29 is 4.79 Å². The normalized spacial score (nSPS) is 22.9. The first kappa shape index (κ1) is 15.3. The number of thiophene rings is 1. The van der Waals surface area contributed by atoms with Gasteiger partial charge in [-0.25, -0.2) is 0 Å². The van der Waals surface area contributed by atoms with Crippen LogP contribution in [-0.4, -0.2) is 41.9 Å². The first-order valence-corrected chi connectivity index (χ1v) is 9.22. The van der Waals surface area contributed by atoms with E-state index in [1.807, 2.05) is 4.90 Å². The Morgan fingerprint density at radius 3 is 2.71 bits per heavy atom. The molecule has 0 radical (unpaired) electrons. The Morgan fingerprint density at radius 1 is 1.29 bits per heavy atom. The summed E-state index contributed by atoms with van der Waals surface area (Å²) in [5.74, 6) is 0.823. The molecule has 1 aromatic heterocycles. The lowest BCUT2D eigenvalue weighted by molar-refractivity contribution is -0.133. The van der Waals surface area contributed by atoms with Crippen LogP contribution in [0.4, 0.5) is 0 Å². The minimum atomic E-state index is 0.338. The van der Waals surface area contributed by atoms with E-state index in [0.717, 1.165) is 45.6 Å². The van der Waals surface area contributed by atoms with Crippen LogP contribution >= 0.6 is 27.3 Å². The summed E-state index contributed by atoms with van der Waals surface area (Å²) in [6.07, 6.45) is 7.41. The molecule has 21 heavy (non-hydrogen) atoms. The van der Waals surface area contributed by atoms with Gasteiger partial charge in [-0.1, -0.05) is 12.2 Å². The summed E-state index contributed by atoms with van der Waals surface area (Å²) in [6, 6.07) is 4.29. The number of hydrogen-bond acceptors (Lipinski definition) is 3. The van der Waals surface area contributed by atoms with Crippen LogP contribution in [0.15, 0.2) is 28.1 Å². The van der Waals surface area contributed by atoms with E-state index in [1.54, 1.807) is 11.3 Å². The highest BCUT2D eigenvalue weighted by atomic mass is 79.9. The van der Waals surface area contributed by atoms with Crippen molar-refractivity contribution in [3.05, 3.63) is 32.9 Å². The number of hydrogen-bond donors (Lipinski definition) is 0. The van der Waals surface area contributed by atoms with E-state index in [2.05, 4.69) is 45.1 Å². The standard InChI is InChI=1S/C16H21BrN2OS/c17-15-6-5-14(21-15)12-18-7-9-19(10-8-18)16(20)11-13-3-1-2-4-13/h1,3,5-6,13H,2,4,7-12H2. The molecule has 2 aliphatic rings. The minimum absolute atomic E-state index is 0.338. The molecule has 1 atom stereocenters. The van der Waals surface area contributed by atoms with Crippen LogP contribution in [0.25, 0.3) is 0 Å². The van der Waals surface area contributed by atoms with E-state index in [-0.39, 0.29) is 0 Å². The summed E-state index contributed by atoms with van der Waals surface area (Å²) < 4.78 is 1.19. The fraction of sp³-hybridized carbons (Fsp3) is 0.562. The van der Waals surface area contributed by atoms with Gasteiger partial charge in [0.25, 0.3) is 0 Å². The zero-order valence-electron chi connectivity index (χ0n) is 12.1. The first-order chi connectivity index (χ1) is 10.2. The van der Waals surface area contributed by atoms with Gasteiger partial charge in [-0.05, 0) is 46.8 Å². The van der Waals surface area contributed by atoms with Crippen LogP contribution in [0.3, 0.4) is 0 Å². The fourth-order valence-corrected chi connectivity index (χ4v) is 4.56. The molecule has 1 aliphatic heterocycles. The molecule has 0 spiro atoms. The zero-order valence-corrected chi connectivity index (χ0v) is 14.5. The average Bonchev–Trinajstić information content (AvgIpc) is 3.12. The average molecular weight is 369 g/mol. The first-order valence-electron chi connectivity index (χ1n) is 7.62. The minimum Gasteiger partial charge on any atom is -0.340 e. The highest BCUT2D eigenvalue weighted by molar-refractivity contribution is 9.11. The zero-order chi connectivity index (χ0) is 14.7. The quantitative estimate of drug-likeness (QED) is 0.759. The van der Waals surface area contributed by atoms with Crippen molar-refractivity contribution in [1.82, 2.24) is 9.80 Å². The van der Waals surface area contributed by atoms with Crippen molar-refractivity contribution in [2.45, 2.75) is 25.8 Å². The second-order valence-electron chi connectivity index (χ2n) is 5.83. The number of allylic oxidation sites excluding steroid dienone is 2. The Kier molecular flexibility index (Phi) is 5.14. The van der Waals surface area contributed by atoms with Crippen LogP contribution in [0.2, 0.25) is 0 Å². The second-order valence-corrected chi connectivity index (χ2v) is 8.38. The Bertz CT molecular complexity index is 520. The van der Waals surface area contributed by atoms with Crippen molar-refractivity contribution in [1.29, 1.82) is 0 Å². The number of piperazine rings is 1. The Balaban J connectivity index is 1.44. The molecular formula is C16H21BrN2OS. The maximum Gasteiger partial charge on any atom is 0.223 e. The van der Waals surface area contributed by atoms with Gasteiger partial charge in [-0.3, -0.25) is 9.69 Å². The van der Waals surface area contributed by atoms with E-state index in [0.29, 0.717) is 18.2 Å². The van der Waals surface area contributed by atoms with Crippen LogP contribution in [-0.2, 0) is 11.3 Å². The molecule has 3 nitrogen and oxygen atoms in total. The van der Waals surface area contributed by atoms with Gasteiger partial charge in [0.05, 0.1) is 3.79 Å². The summed E-state index contributed by atoms with van der Waals surface area (Å²) in [5.41, 5.74) is 0. The monoisotopic (exact) mass is 368 g/mol. The number of nitrogens with zero attached hydrogens (tertiary/aromatic N) is 2. The molecule has 5 heteroatoms. The number of carbonyl (C=O) groups excluding carboxylic acids is 1. The number of amides is 1. The second kappa shape index (κ2) is 7.07.